The van der Waals surface area contributed by atoms with Crippen molar-refractivity contribution in [3.05, 3.63) is 51.2 Å². The second-order valence-corrected chi connectivity index (χ2v) is 9.11. The number of anilines is 1. The summed E-state index contributed by atoms with van der Waals surface area (Å²) in [7, 11) is 0. The van der Waals surface area contributed by atoms with Gasteiger partial charge in [0.25, 0.3) is 5.91 Å². The van der Waals surface area contributed by atoms with Gasteiger partial charge in [-0.05, 0) is 35.1 Å². The van der Waals surface area contributed by atoms with Crippen LogP contribution in [0.2, 0.25) is 4.34 Å². The van der Waals surface area contributed by atoms with Gasteiger partial charge in [-0.3, -0.25) is 9.59 Å². The van der Waals surface area contributed by atoms with Crippen molar-refractivity contribution in [1.82, 2.24) is 5.32 Å². The Hall–Kier alpha value is -2.23. The molecule has 4 rings (SSSR count). The summed E-state index contributed by atoms with van der Waals surface area (Å²) in [6, 6.07) is 11.0. The Bertz CT molecular complexity index is 945. The minimum absolute atomic E-state index is 0.114. The number of hydrogen-bond acceptors (Lipinski definition) is 7. The summed E-state index contributed by atoms with van der Waals surface area (Å²) in [6.45, 7) is 0.918. The Morgan fingerprint density at radius 1 is 1.25 bits per heavy atom. The number of halogens is 1. The molecule has 1 aromatic carbocycles. The highest BCUT2D eigenvalue weighted by molar-refractivity contribution is 8.00. The Morgan fingerprint density at radius 3 is 2.71 bits per heavy atom. The molecule has 0 saturated carbocycles. The molecule has 1 aromatic heterocycles. The molecule has 7 nitrogen and oxygen atoms in total. The molecule has 3 heterocycles. The number of carbonyl (C=O) groups excluding carboxylic acids is 2. The largest absolute Gasteiger partial charge is 0.348 e. The van der Waals surface area contributed by atoms with Gasteiger partial charge in [0.1, 0.15) is 0 Å². The van der Waals surface area contributed by atoms with E-state index < -0.39 is 5.54 Å². The highest BCUT2D eigenvalue weighted by Crippen LogP contribution is 2.30. The fraction of sp³-hybridized carbons (Fsp3) is 0.278. The maximum atomic E-state index is 12.4. The van der Waals surface area contributed by atoms with Gasteiger partial charge in [0, 0.05) is 18.0 Å². The maximum Gasteiger partial charge on any atom is 0.261 e. The van der Waals surface area contributed by atoms with Crippen LogP contribution < -0.4 is 10.2 Å². The quantitative estimate of drug-likeness (QED) is 0.782. The van der Waals surface area contributed by atoms with Crippen LogP contribution in [0.1, 0.15) is 15.2 Å². The zero-order chi connectivity index (χ0) is 19.6. The molecule has 1 saturated heterocycles. The van der Waals surface area contributed by atoms with Crippen LogP contribution in [0.4, 0.5) is 5.69 Å². The van der Waals surface area contributed by atoms with E-state index in [0.717, 1.165) is 17.0 Å². The van der Waals surface area contributed by atoms with Crippen LogP contribution in [0.3, 0.4) is 0 Å². The van der Waals surface area contributed by atoms with Crippen molar-refractivity contribution < 1.29 is 9.59 Å². The first kappa shape index (κ1) is 19.1. The molecule has 2 aliphatic rings. The molecule has 2 aliphatic heterocycles. The molecule has 2 aromatic rings. The van der Waals surface area contributed by atoms with Crippen LogP contribution in [0.15, 0.2) is 51.8 Å². The number of rotatable bonds is 5. The number of carbonyl (C=O) groups is 2. The van der Waals surface area contributed by atoms with Gasteiger partial charge in [-0.15, -0.1) is 21.6 Å². The maximum absolute atomic E-state index is 12.4. The van der Waals surface area contributed by atoms with Crippen LogP contribution in [-0.4, -0.2) is 42.6 Å². The smallest absolute Gasteiger partial charge is 0.261 e. The Kier molecular flexibility index (Phi) is 5.47. The monoisotopic (exact) mass is 433 g/mol. The average Bonchev–Trinajstić information content (AvgIpc) is 3.37. The van der Waals surface area contributed by atoms with E-state index in [9.17, 15) is 9.59 Å². The first-order valence-corrected chi connectivity index (χ1v) is 10.9. The zero-order valence-corrected chi connectivity index (χ0v) is 17.1. The van der Waals surface area contributed by atoms with Gasteiger partial charge in [-0.2, -0.15) is 11.8 Å². The molecule has 0 bridgehead atoms. The number of benzene rings is 1. The Balaban J connectivity index is 1.51. The Labute approximate surface area is 174 Å². The number of nitrogens with zero attached hydrogens (tertiary/aromatic N) is 4. The predicted molar refractivity (Wildman–Crippen MR) is 113 cm³/mol. The van der Waals surface area contributed by atoms with Crippen molar-refractivity contribution in [3.63, 3.8) is 0 Å². The van der Waals surface area contributed by atoms with E-state index in [4.69, 9.17) is 11.6 Å². The van der Waals surface area contributed by atoms with E-state index in [2.05, 4.69) is 20.8 Å². The van der Waals surface area contributed by atoms with E-state index in [1.165, 1.54) is 11.3 Å². The minimum atomic E-state index is -0.864. The third-order valence-electron chi connectivity index (χ3n) is 4.53. The molecular weight excluding hydrogens is 418 g/mol. The average molecular weight is 434 g/mol. The van der Waals surface area contributed by atoms with E-state index in [0.29, 0.717) is 21.5 Å². The van der Waals surface area contributed by atoms with Gasteiger partial charge >= 0.3 is 0 Å². The van der Waals surface area contributed by atoms with Crippen molar-refractivity contribution in [2.24, 2.45) is 15.4 Å². The van der Waals surface area contributed by atoms with Gasteiger partial charge in [0.05, 0.1) is 27.7 Å². The highest BCUT2D eigenvalue weighted by Gasteiger charge is 2.34. The summed E-state index contributed by atoms with van der Waals surface area (Å²) >= 11 is 8.77. The second kappa shape index (κ2) is 8.02. The molecule has 0 radical (unpaired) electrons. The first-order chi connectivity index (χ1) is 13.6. The van der Waals surface area contributed by atoms with Gasteiger partial charge in [-0.1, -0.05) is 23.7 Å². The molecule has 0 spiro atoms. The van der Waals surface area contributed by atoms with Crippen molar-refractivity contribution in [3.8, 4) is 0 Å². The van der Waals surface area contributed by atoms with Crippen LogP contribution in [0.25, 0.3) is 0 Å². The first-order valence-electron chi connectivity index (χ1n) is 8.56. The molecule has 1 fully saturated rings. The molecular formula is C18H16ClN5O2S2. The standard InChI is InChI=1S/C18H16ClN5O2S2/c19-15-6-5-14(28-15)17(26)20-10-18(11-21-23-22-18)12-1-3-13(4-2-12)24-7-8-27-9-16(24)25/h1-6,11H,7-10H2,(H,20,26). The number of thiophene rings is 1. The van der Waals surface area contributed by atoms with Crippen LogP contribution >= 0.6 is 34.7 Å². The SMILES string of the molecule is O=C(NCC1(c2ccc(N3CCSCC3=O)cc2)C=NN=N1)c1ccc(Cl)s1. The molecule has 10 heteroatoms. The van der Waals surface area contributed by atoms with Crippen LogP contribution in [-0.2, 0) is 10.3 Å². The van der Waals surface area contributed by atoms with Gasteiger partial charge in [-0.25, -0.2) is 0 Å². The van der Waals surface area contributed by atoms with Gasteiger partial charge in [0.2, 0.25) is 5.91 Å². The summed E-state index contributed by atoms with van der Waals surface area (Å²) in [4.78, 5) is 26.8. The van der Waals surface area contributed by atoms with E-state index in [1.54, 1.807) is 35.0 Å². The summed E-state index contributed by atoms with van der Waals surface area (Å²) < 4.78 is 0.559. The lowest BCUT2D eigenvalue weighted by molar-refractivity contribution is -0.116. The third kappa shape index (κ3) is 3.82. The van der Waals surface area contributed by atoms with Crippen molar-refractivity contribution in [2.45, 2.75) is 5.54 Å². The lowest BCUT2D eigenvalue weighted by Crippen LogP contribution is -2.40. The second-order valence-electron chi connectivity index (χ2n) is 6.29. The zero-order valence-electron chi connectivity index (χ0n) is 14.7. The minimum Gasteiger partial charge on any atom is -0.348 e. The molecule has 1 N–H and O–H groups in total. The Morgan fingerprint density at radius 2 is 2.07 bits per heavy atom. The summed E-state index contributed by atoms with van der Waals surface area (Å²) in [5, 5.41) is 14.8. The van der Waals surface area contributed by atoms with Crippen LogP contribution in [0.5, 0.6) is 0 Å². The van der Waals surface area contributed by atoms with Gasteiger partial charge < -0.3 is 10.2 Å². The molecule has 1 unspecified atom stereocenters. The fourth-order valence-electron chi connectivity index (χ4n) is 3.03. The van der Waals surface area contributed by atoms with E-state index in [1.807, 2.05) is 24.3 Å². The normalized spacial score (nSPS) is 21.3. The summed E-state index contributed by atoms with van der Waals surface area (Å²) in [5.41, 5.74) is 0.828. The van der Waals surface area contributed by atoms with Crippen molar-refractivity contribution in [1.29, 1.82) is 0 Å². The molecule has 28 heavy (non-hydrogen) atoms. The fourth-order valence-corrected chi connectivity index (χ4v) is 4.77. The molecule has 2 amide bonds. The summed E-state index contributed by atoms with van der Waals surface area (Å²) in [6.07, 6.45) is 1.62. The lowest BCUT2D eigenvalue weighted by atomic mass is 9.91. The molecule has 0 aliphatic carbocycles. The molecule has 1 atom stereocenters. The van der Waals surface area contributed by atoms with Gasteiger partial charge in [0.15, 0.2) is 5.54 Å². The van der Waals surface area contributed by atoms with Crippen molar-refractivity contribution >= 4 is 58.4 Å². The lowest BCUT2D eigenvalue weighted by Gasteiger charge is -2.27. The number of nitrogens with one attached hydrogen (secondary N) is 1. The number of thioether (sulfide) groups is 1. The number of amides is 2. The topological polar surface area (TPSA) is 86.5 Å². The molecule has 144 valence electrons. The number of hydrogen-bond donors (Lipinski definition) is 1. The predicted octanol–water partition coefficient (Wildman–Crippen LogP) is 3.56. The van der Waals surface area contributed by atoms with Crippen LogP contribution in [0, 0.1) is 0 Å². The highest BCUT2D eigenvalue weighted by atomic mass is 35.5. The third-order valence-corrected chi connectivity index (χ3v) is 6.68. The van der Waals surface area contributed by atoms with E-state index in [-0.39, 0.29) is 18.4 Å². The summed E-state index contributed by atoms with van der Waals surface area (Å²) in [5.74, 6) is 1.32. The van der Waals surface area contributed by atoms with Crippen molar-refractivity contribution in [2.75, 3.05) is 29.5 Å². The van der Waals surface area contributed by atoms with E-state index >= 15 is 0 Å².